The minimum atomic E-state index is 0.232. The molecule has 2 aromatic carbocycles. The highest BCUT2D eigenvalue weighted by molar-refractivity contribution is 6.34. The van der Waals surface area contributed by atoms with Crippen molar-refractivity contribution in [3.8, 4) is 17.1 Å². The van der Waals surface area contributed by atoms with Crippen LogP contribution in [-0.2, 0) is 0 Å². The molecule has 1 aliphatic carbocycles. The molecule has 0 atom stereocenters. The first kappa shape index (κ1) is 17.9. The summed E-state index contributed by atoms with van der Waals surface area (Å²) in [6.45, 7) is 8.14. The molecular formula is C23H22ClNO2. The Bertz CT molecular complexity index is 1090. The lowest BCUT2D eigenvalue weighted by atomic mass is 9.78. The maximum atomic E-state index is 8.33. The van der Waals surface area contributed by atoms with Gasteiger partial charge in [-0.25, -0.2) is 0 Å². The van der Waals surface area contributed by atoms with Crippen LogP contribution in [0.15, 0.2) is 59.0 Å². The van der Waals surface area contributed by atoms with E-state index in [9.17, 15) is 0 Å². The van der Waals surface area contributed by atoms with Gasteiger partial charge in [0.1, 0.15) is 11.5 Å². The lowest BCUT2D eigenvalue weighted by Crippen LogP contribution is -2.34. The molecule has 3 nitrogen and oxygen atoms in total. The predicted octanol–water partition coefficient (Wildman–Crippen LogP) is 6.27. The third-order valence-corrected chi connectivity index (χ3v) is 5.68. The van der Waals surface area contributed by atoms with Crippen molar-refractivity contribution in [2.75, 3.05) is 0 Å². The van der Waals surface area contributed by atoms with E-state index in [0.717, 1.165) is 29.7 Å². The van der Waals surface area contributed by atoms with Gasteiger partial charge in [0.2, 0.25) is 0 Å². The van der Waals surface area contributed by atoms with Crippen molar-refractivity contribution in [2.24, 2.45) is 5.92 Å². The number of hydrogen-bond donors (Lipinski definition) is 1. The highest BCUT2D eigenvalue weighted by Crippen LogP contribution is 2.38. The van der Waals surface area contributed by atoms with Crippen LogP contribution in [0.5, 0.6) is 5.75 Å². The van der Waals surface area contributed by atoms with Crippen molar-refractivity contribution < 1.29 is 9.15 Å². The normalized spacial score (nSPS) is 18.9. The van der Waals surface area contributed by atoms with Crippen molar-refractivity contribution in [3.63, 3.8) is 0 Å². The molecule has 0 aliphatic heterocycles. The zero-order valence-electron chi connectivity index (χ0n) is 15.5. The second-order valence-corrected chi connectivity index (χ2v) is 7.73. The van der Waals surface area contributed by atoms with Crippen LogP contribution >= 0.6 is 11.6 Å². The molecule has 1 aromatic heterocycles. The van der Waals surface area contributed by atoms with Gasteiger partial charge < -0.3 is 9.15 Å². The van der Waals surface area contributed by atoms with Gasteiger partial charge in [0, 0.05) is 22.6 Å². The van der Waals surface area contributed by atoms with Crippen molar-refractivity contribution in [1.29, 1.82) is 5.41 Å². The second-order valence-electron chi connectivity index (χ2n) is 7.32. The van der Waals surface area contributed by atoms with Gasteiger partial charge in [-0.1, -0.05) is 42.0 Å². The van der Waals surface area contributed by atoms with Crippen LogP contribution in [-0.4, -0.2) is 6.10 Å². The van der Waals surface area contributed by atoms with Crippen LogP contribution in [0.2, 0.25) is 5.02 Å². The Morgan fingerprint density at radius 3 is 2.70 bits per heavy atom. The SMILES string of the molecule is C=C(C)C1CC(Oc2cccc(-c3cc(=N)c4cccc(Cl)c4o3)c2C)C1. The fraction of sp³-hybridized carbons (Fsp3) is 0.261. The maximum absolute atomic E-state index is 8.33. The first-order valence-corrected chi connectivity index (χ1v) is 9.51. The molecule has 3 aromatic rings. The summed E-state index contributed by atoms with van der Waals surface area (Å²) < 4.78 is 12.3. The van der Waals surface area contributed by atoms with E-state index in [1.54, 1.807) is 12.1 Å². The smallest absolute Gasteiger partial charge is 0.155 e. The van der Waals surface area contributed by atoms with E-state index >= 15 is 0 Å². The molecule has 138 valence electrons. The van der Waals surface area contributed by atoms with Crippen molar-refractivity contribution in [1.82, 2.24) is 0 Å². The summed E-state index contributed by atoms with van der Waals surface area (Å²) in [4.78, 5) is 0. The number of benzene rings is 2. The number of rotatable bonds is 4. The first-order valence-electron chi connectivity index (χ1n) is 9.13. The Labute approximate surface area is 163 Å². The lowest BCUT2D eigenvalue weighted by molar-refractivity contribution is 0.0809. The van der Waals surface area contributed by atoms with Crippen LogP contribution in [0.1, 0.15) is 25.3 Å². The number of fused-ring (bicyclic) bond motifs is 1. The maximum Gasteiger partial charge on any atom is 0.155 e. The minimum absolute atomic E-state index is 0.232. The van der Waals surface area contributed by atoms with Gasteiger partial charge in [0.25, 0.3) is 0 Å². The Morgan fingerprint density at radius 2 is 1.96 bits per heavy atom. The molecule has 1 N–H and O–H groups in total. The molecule has 0 unspecified atom stereocenters. The third kappa shape index (κ3) is 3.28. The molecule has 27 heavy (non-hydrogen) atoms. The van der Waals surface area contributed by atoms with E-state index in [1.807, 2.05) is 37.3 Å². The molecule has 1 fully saturated rings. The standard InChI is InChI=1S/C23H22ClNO2/c1-13(2)15-10-16(11-15)26-21-9-5-6-17(14(21)3)22-12-20(25)18-7-4-8-19(24)23(18)27-22/h4-9,12,15-16,25H,1,10-11H2,2-3H3. The third-order valence-electron chi connectivity index (χ3n) is 5.38. The van der Waals surface area contributed by atoms with Gasteiger partial charge in [-0.3, -0.25) is 5.41 Å². The minimum Gasteiger partial charge on any atom is -0.490 e. The molecular weight excluding hydrogens is 358 g/mol. The number of allylic oxidation sites excluding steroid dienone is 1. The van der Waals surface area contributed by atoms with E-state index in [-0.39, 0.29) is 6.10 Å². The molecule has 0 spiro atoms. The van der Waals surface area contributed by atoms with E-state index in [2.05, 4.69) is 13.5 Å². The van der Waals surface area contributed by atoms with Crippen molar-refractivity contribution in [2.45, 2.75) is 32.8 Å². The molecule has 0 bridgehead atoms. The number of ether oxygens (including phenoxy) is 1. The molecule has 0 saturated heterocycles. The molecule has 4 rings (SSSR count). The Morgan fingerprint density at radius 1 is 1.22 bits per heavy atom. The summed E-state index contributed by atoms with van der Waals surface area (Å²) >= 11 is 6.29. The highest BCUT2D eigenvalue weighted by atomic mass is 35.5. The van der Waals surface area contributed by atoms with Crippen molar-refractivity contribution in [3.05, 3.63) is 70.6 Å². The van der Waals surface area contributed by atoms with E-state index < -0.39 is 0 Å². The Balaban J connectivity index is 1.69. The van der Waals surface area contributed by atoms with Crippen LogP contribution in [0.4, 0.5) is 0 Å². The number of hydrogen-bond acceptors (Lipinski definition) is 3. The van der Waals surface area contributed by atoms with Gasteiger partial charge in [-0.15, -0.1) is 0 Å². The summed E-state index contributed by atoms with van der Waals surface area (Å²) in [5, 5.41) is 9.94. The Hall–Kier alpha value is -2.52. The Kier molecular flexibility index (Phi) is 4.56. The number of halogens is 1. The number of nitrogens with one attached hydrogen (secondary N) is 1. The summed E-state index contributed by atoms with van der Waals surface area (Å²) in [7, 11) is 0. The topological polar surface area (TPSA) is 46.2 Å². The zero-order chi connectivity index (χ0) is 19.1. The van der Waals surface area contributed by atoms with Crippen LogP contribution in [0, 0.1) is 18.3 Å². The first-order chi connectivity index (χ1) is 12.9. The van der Waals surface area contributed by atoms with Crippen LogP contribution in [0.3, 0.4) is 0 Å². The van der Waals surface area contributed by atoms with Gasteiger partial charge in [0.15, 0.2) is 5.58 Å². The number of para-hydroxylation sites is 1. The van der Waals surface area contributed by atoms with Crippen LogP contribution in [0.25, 0.3) is 22.3 Å². The average Bonchev–Trinajstić information content (AvgIpc) is 2.59. The average molecular weight is 380 g/mol. The zero-order valence-corrected chi connectivity index (χ0v) is 16.3. The molecule has 0 amide bonds. The van der Waals surface area contributed by atoms with Crippen molar-refractivity contribution >= 4 is 22.6 Å². The monoisotopic (exact) mass is 379 g/mol. The fourth-order valence-corrected chi connectivity index (χ4v) is 3.77. The van der Waals surface area contributed by atoms with E-state index in [1.165, 1.54) is 5.57 Å². The summed E-state index contributed by atoms with van der Waals surface area (Å²) in [6.07, 6.45) is 2.27. The molecule has 1 aliphatic rings. The van der Waals surface area contributed by atoms with Gasteiger partial charge in [-0.2, -0.15) is 0 Å². The summed E-state index contributed by atoms with van der Waals surface area (Å²) in [5.74, 6) is 2.05. The van der Waals surface area contributed by atoms with Gasteiger partial charge in [0.05, 0.1) is 16.5 Å². The van der Waals surface area contributed by atoms with Crippen LogP contribution < -0.4 is 10.1 Å². The fourth-order valence-electron chi connectivity index (χ4n) is 3.56. The highest BCUT2D eigenvalue weighted by Gasteiger charge is 2.31. The van der Waals surface area contributed by atoms with E-state index in [4.69, 9.17) is 26.2 Å². The summed E-state index contributed by atoms with van der Waals surface area (Å²) in [6, 6.07) is 13.1. The quantitative estimate of drug-likeness (QED) is 0.542. The predicted molar refractivity (Wildman–Crippen MR) is 109 cm³/mol. The second kappa shape index (κ2) is 6.90. The summed E-state index contributed by atoms with van der Waals surface area (Å²) in [5.41, 5.74) is 3.69. The van der Waals surface area contributed by atoms with Gasteiger partial charge >= 0.3 is 0 Å². The van der Waals surface area contributed by atoms with Gasteiger partial charge in [-0.05, 0) is 50.8 Å². The lowest BCUT2D eigenvalue weighted by Gasteiger charge is -2.36. The molecule has 1 saturated carbocycles. The molecule has 0 radical (unpaired) electrons. The van der Waals surface area contributed by atoms with E-state index in [0.29, 0.717) is 33.0 Å². The molecule has 1 heterocycles. The molecule has 4 heteroatoms. The largest absolute Gasteiger partial charge is 0.490 e.